The second-order valence-electron chi connectivity index (χ2n) is 4.41. The van der Waals surface area contributed by atoms with Crippen molar-refractivity contribution in [2.75, 3.05) is 0 Å². The van der Waals surface area contributed by atoms with Crippen molar-refractivity contribution in [3.8, 4) is 0 Å². The quantitative estimate of drug-likeness (QED) is 0.723. The molecule has 18 heavy (non-hydrogen) atoms. The Morgan fingerprint density at radius 3 is 2.50 bits per heavy atom. The van der Waals surface area contributed by atoms with Crippen molar-refractivity contribution in [3.63, 3.8) is 0 Å². The van der Waals surface area contributed by atoms with E-state index >= 15 is 0 Å². The molecule has 0 amide bonds. The second kappa shape index (κ2) is 4.95. The molecule has 0 aliphatic heterocycles. The number of allylic oxidation sites excluding steroid dienone is 3. The minimum absolute atomic E-state index is 1.05. The highest BCUT2D eigenvalue weighted by Gasteiger charge is 2.09. The SMILES string of the molecule is Brc1ccc(/C=C\C2=CCc3ccccc32)cc1. The maximum Gasteiger partial charge on any atom is 0.0175 e. The number of rotatable bonds is 2. The van der Waals surface area contributed by atoms with Crippen LogP contribution in [0, 0.1) is 0 Å². The first-order valence-electron chi connectivity index (χ1n) is 6.05. The molecule has 0 atom stereocenters. The average molecular weight is 297 g/mol. The lowest BCUT2D eigenvalue weighted by Crippen LogP contribution is -1.81. The summed E-state index contributed by atoms with van der Waals surface area (Å²) >= 11 is 3.45. The smallest absolute Gasteiger partial charge is 0.0175 e. The van der Waals surface area contributed by atoms with Gasteiger partial charge < -0.3 is 0 Å². The third-order valence-electron chi connectivity index (χ3n) is 3.20. The molecule has 0 radical (unpaired) electrons. The second-order valence-corrected chi connectivity index (χ2v) is 5.32. The van der Waals surface area contributed by atoms with Crippen molar-refractivity contribution in [2.24, 2.45) is 0 Å². The standard InChI is InChI=1S/C17H13Br/c18-16-11-6-13(7-12-16)5-8-15-10-9-14-3-1-2-4-17(14)15/h1-8,10-12H,9H2/b8-5-. The molecule has 1 heteroatoms. The van der Waals surface area contributed by atoms with E-state index in [0.29, 0.717) is 0 Å². The summed E-state index contributed by atoms with van der Waals surface area (Å²) in [5, 5.41) is 0. The largest absolute Gasteiger partial charge is 0.0722 e. The molecule has 0 unspecified atom stereocenters. The molecule has 1 aliphatic rings. The Labute approximate surface area is 116 Å². The van der Waals surface area contributed by atoms with Crippen molar-refractivity contribution in [1.82, 2.24) is 0 Å². The molecule has 0 heterocycles. The van der Waals surface area contributed by atoms with Crippen molar-refractivity contribution >= 4 is 27.6 Å². The third-order valence-corrected chi connectivity index (χ3v) is 3.72. The van der Waals surface area contributed by atoms with Gasteiger partial charge in [-0.15, -0.1) is 0 Å². The first-order chi connectivity index (χ1) is 8.83. The van der Waals surface area contributed by atoms with Gasteiger partial charge >= 0.3 is 0 Å². The average Bonchev–Trinajstić information content (AvgIpc) is 2.82. The van der Waals surface area contributed by atoms with Crippen molar-refractivity contribution in [1.29, 1.82) is 0 Å². The van der Waals surface area contributed by atoms with Crippen LogP contribution in [0.15, 0.2) is 65.2 Å². The lowest BCUT2D eigenvalue weighted by atomic mass is 10.0. The minimum atomic E-state index is 1.05. The Balaban J connectivity index is 1.84. The normalized spacial score (nSPS) is 13.7. The van der Waals surface area contributed by atoms with Gasteiger partial charge in [0.1, 0.15) is 0 Å². The summed E-state index contributed by atoms with van der Waals surface area (Å²) in [6.07, 6.45) is 7.71. The molecule has 0 N–H and O–H groups in total. The van der Waals surface area contributed by atoms with Crippen LogP contribution in [0.1, 0.15) is 16.7 Å². The van der Waals surface area contributed by atoms with Gasteiger partial charge in [0.15, 0.2) is 0 Å². The summed E-state index contributed by atoms with van der Waals surface area (Å²) in [6, 6.07) is 17.0. The number of halogens is 1. The molecule has 0 saturated carbocycles. The van der Waals surface area contributed by atoms with E-state index < -0.39 is 0 Å². The molecule has 88 valence electrons. The first kappa shape index (κ1) is 11.5. The Bertz CT molecular complexity index is 618. The zero-order valence-corrected chi connectivity index (χ0v) is 11.5. The van der Waals surface area contributed by atoms with Crippen LogP contribution in [-0.4, -0.2) is 0 Å². The van der Waals surface area contributed by atoms with Crippen LogP contribution in [0.4, 0.5) is 0 Å². The summed E-state index contributed by atoms with van der Waals surface area (Å²) in [7, 11) is 0. The lowest BCUT2D eigenvalue weighted by Gasteiger charge is -2.00. The fraction of sp³-hybridized carbons (Fsp3) is 0.0588. The molecule has 0 nitrogen and oxygen atoms in total. The van der Waals surface area contributed by atoms with Gasteiger partial charge in [-0.2, -0.15) is 0 Å². The zero-order chi connectivity index (χ0) is 12.4. The monoisotopic (exact) mass is 296 g/mol. The van der Waals surface area contributed by atoms with Crippen LogP contribution in [0.25, 0.3) is 11.6 Å². The van der Waals surface area contributed by atoms with E-state index in [2.05, 4.69) is 82.7 Å². The van der Waals surface area contributed by atoms with Crippen molar-refractivity contribution in [3.05, 3.63) is 81.8 Å². The van der Waals surface area contributed by atoms with Gasteiger partial charge in [-0.25, -0.2) is 0 Å². The van der Waals surface area contributed by atoms with Gasteiger partial charge in [-0.05, 0) is 40.8 Å². The fourth-order valence-electron chi connectivity index (χ4n) is 2.23. The van der Waals surface area contributed by atoms with E-state index in [1.165, 1.54) is 22.3 Å². The van der Waals surface area contributed by atoms with E-state index in [-0.39, 0.29) is 0 Å². The molecule has 0 saturated heterocycles. The predicted octanol–water partition coefficient (Wildman–Crippen LogP) is 5.10. The topological polar surface area (TPSA) is 0 Å². The Morgan fingerprint density at radius 1 is 0.889 bits per heavy atom. The highest BCUT2D eigenvalue weighted by atomic mass is 79.9. The van der Waals surface area contributed by atoms with Crippen molar-refractivity contribution in [2.45, 2.75) is 6.42 Å². The number of hydrogen-bond acceptors (Lipinski definition) is 0. The molecule has 0 spiro atoms. The molecule has 2 aromatic carbocycles. The van der Waals surface area contributed by atoms with Crippen LogP contribution in [0.5, 0.6) is 0 Å². The van der Waals surface area contributed by atoms with E-state index in [0.717, 1.165) is 10.9 Å². The van der Waals surface area contributed by atoms with Gasteiger partial charge in [0.2, 0.25) is 0 Å². The molecule has 3 rings (SSSR count). The Hall–Kier alpha value is -1.60. The van der Waals surface area contributed by atoms with Crippen LogP contribution < -0.4 is 0 Å². The molecular formula is C17H13Br. The van der Waals surface area contributed by atoms with E-state index in [1.807, 2.05) is 0 Å². The van der Waals surface area contributed by atoms with E-state index in [4.69, 9.17) is 0 Å². The maximum absolute atomic E-state index is 3.45. The van der Waals surface area contributed by atoms with E-state index in [9.17, 15) is 0 Å². The highest BCUT2D eigenvalue weighted by Crippen LogP contribution is 2.28. The third kappa shape index (κ3) is 2.32. The predicted molar refractivity (Wildman–Crippen MR) is 81.3 cm³/mol. The van der Waals surface area contributed by atoms with Crippen LogP contribution in [-0.2, 0) is 6.42 Å². The summed E-state index contributed by atoms with van der Waals surface area (Å²) < 4.78 is 1.12. The summed E-state index contributed by atoms with van der Waals surface area (Å²) in [5.74, 6) is 0. The molecule has 0 aromatic heterocycles. The summed E-state index contributed by atoms with van der Waals surface area (Å²) in [6.45, 7) is 0. The Morgan fingerprint density at radius 2 is 1.67 bits per heavy atom. The molecule has 0 bridgehead atoms. The Kier molecular flexibility index (Phi) is 3.16. The molecule has 2 aromatic rings. The number of benzene rings is 2. The minimum Gasteiger partial charge on any atom is -0.0722 e. The van der Waals surface area contributed by atoms with Gasteiger partial charge in [0, 0.05) is 4.47 Å². The van der Waals surface area contributed by atoms with Crippen molar-refractivity contribution < 1.29 is 0 Å². The van der Waals surface area contributed by atoms with Gasteiger partial charge in [-0.1, -0.05) is 70.6 Å². The lowest BCUT2D eigenvalue weighted by molar-refractivity contribution is 1.31. The first-order valence-corrected chi connectivity index (χ1v) is 6.84. The van der Waals surface area contributed by atoms with Crippen LogP contribution in [0.2, 0.25) is 0 Å². The summed E-state index contributed by atoms with van der Waals surface area (Å²) in [5.41, 5.74) is 5.34. The van der Waals surface area contributed by atoms with Gasteiger partial charge in [0.05, 0.1) is 0 Å². The van der Waals surface area contributed by atoms with Crippen LogP contribution in [0.3, 0.4) is 0 Å². The van der Waals surface area contributed by atoms with Gasteiger partial charge in [-0.3, -0.25) is 0 Å². The number of fused-ring (bicyclic) bond motifs is 1. The zero-order valence-electron chi connectivity index (χ0n) is 9.94. The molecule has 0 fully saturated rings. The molecule has 1 aliphatic carbocycles. The fourth-order valence-corrected chi connectivity index (χ4v) is 2.49. The molecular weight excluding hydrogens is 284 g/mol. The summed E-state index contributed by atoms with van der Waals surface area (Å²) in [4.78, 5) is 0. The van der Waals surface area contributed by atoms with E-state index in [1.54, 1.807) is 0 Å². The highest BCUT2D eigenvalue weighted by molar-refractivity contribution is 9.10. The maximum atomic E-state index is 3.45. The van der Waals surface area contributed by atoms with Gasteiger partial charge in [0.25, 0.3) is 0 Å². The van der Waals surface area contributed by atoms with Crippen LogP contribution >= 0.6 is 15.9 Å². The number of hydrogen-bond donors (Lipinski definition) is 0.